The Morgan fingerprint density at radius 3 is 2.50 bits per heavy atom. The van der Waals surface area contributed by atoms with Crippen molar-refractivity contribution in [2.45, 2.75) is 45.4 Å². The fourth-order valence-corrected chi connectivity index (χ4v) is 2.37. The molecule has 1 atom stereocenters. The van der Waals surface area contributed by atoms with Gasteiger partial charge in [-0.25, -0.2) is 0 Å². The molecule has 0 bridgehead atoms. The van der Waals surface area contributed by atoms with E-state index in [2.05, 4.69) is 37.8 Å². The lowest BCUT2D eigenvalue weighted by Gasteiger charge is -2.17. The average molecular weight is 274 g/mol. The highest BCUT2D eigenvalue weighted by Gasteiger charge is 2.21. The maximum atomic E-state index is 5.78. The highest BCUT2D eigenvalue weighted by Crippen LogP contribution is 2.31. The van der Waals surface area contributed by atoms with Gasteiger partial charge in [0.05, 0.1) is 19.0 Å². The molecule has 110 valence electrons. The molecule has 2 rings (SSSR count). The van der Waals surface area contributed by atoms with Crippen LogP contribution in [0, 0.1) is 5.92 Å². The molecule has 1 aliphatic carbocycles. The summed E-state index contributed by atoms with van der Waals surface area (Å²) < 4.78 is 11.2. The van der Waals surface area contributed by atoms with E-state index >= 15 is 0 Å². The van der Waals surface area contributed by atoms with E-state index < -0.39 is 0 Å². The first-order chi connectivity index (χ1) is 9.72. The van der Waals surface area contributed by atoms with Crippen molar-refractivity contribution in [2.24, 2.45) is 5.92 Å². The van der Waals surface area contributed by atoms with Gasteiger partial charge >= 0.3 is 0 Å². The molecule has 1 aromatic carbocycles. The summed E-state index contributed by atoms with van der Waals surface area (Å²) in [4.78, 5) is 0. The molecule has 1 fully saturated rings. The molecule has 1 unspecified atom stereocenters. The summed E-state index contributed by atoms with van der Waals surface area (Å²) in [5.74, 6) is 3.15. The Morgan fingerprint density at radius 1 is 1.25 bits per heavy atom. The van der Waals surface area contributed by atoms with E-state index in [1.54, 1.807) is 0 Å². The number of rotatable bonds is 9. The van der Waals surface area contributed by atoms with E-state index in [0.29, 0.717) is 12.5 Å². The minimum atomic E-state index is 0.478. The molecular formula is C18H26O2. The van der Waals surface area contributed by atoms with Crippen molar-refractivity contribution in [1.29, 1.82) is 0 Å². The highest BCUT2D eigenvalue weighted by molar-refractivity contribution is 5.30. The van der Waals surface area contributed by atoms with Crippen molar-refractivity contribution in [1.82, 2.24) is 0 Å². The third kappa shape index (κ3) is 4.59. The summed E-state index contributed by atoms with van der Waals surface area (Å²) >= 11 is 0. The molecule has 0 aromatic heterocycles. The van der Waals surface area contributed by atoms with Gasteiger partial charge in [0.2, 0.25) is 0 Å². The number of hydrogen-bond donors (Lipinski definition) is 0. The van der Waals surface area contributed by atoms with Crippen LogP contribution in [0.25, 0.3) is 0 Å². The first-order valence-electron chi connectivity index (χ1n) is 7.76. The van der Waals surface area contributed by atoms with Crippen LogP contribution in [0.15, 0.2) is 36.6 Å². The van der Waals surface area contributed by atoms with Gasteiger partial charge in [-0.1, -0.05) is 25.6 Å². The lowest BCUT2D eigenvalue weighted by atomic mass is 9.92. The predicted molar refractivity (Wildman–Crippen MR) is 83.1 cm³/mol. The summed E-state index contributed by atoms with van der Waals surface area (Å²) in [7, 11) is 0. The largest absolute Gasteiger partial charge is 0.499 e. The predicted octanol–water partition coefficient (Wildman–Crippen LogP) is 4.91. The third-order valence-corrected chi connectivity index (χ3v) is 3.85. The third-order valence-electron chi connectivity index (χ3n) is 3.85. The van der Waals surface area contributed by atoms with E-state index in [1.807, 2.05) is 6.92 Å². The molecule has 20 heavy (non-hydrogen) atoms. The van der Waals surface area contributed by atoms with E-state index in [-0.39, 0.29) is 0 Å². The van der Waals surface area contributed by atoms with Gasteiger partial charge in [0.25, 0.3) is 0 Å². The van der Waals surface area contributed by atoms with Crippen LogP contribution in [-0.2, 0) is 4.74 Å². The van der Waals surface area contributed by atoms with Gasteiger partial charge in [0.15, 0.2) is 0 Å². The van der Waals surface area contributed by atoms with Gasteiger partial charge in [0, 0.05) is 6.42 Å². The van der Waals surface area contributed by atoms with Crippen LogP contribution in [0.2, 0.25) is 0 Å². The molecule has 0 amide bonds. The summed E-state index contributed by atoms with van der Waals surface area (Å²) in [5, 5.41) is 0. The zero-order valence-corrected chi connectivity index (χ0v) is 12.7. The Balaban J connectivity index is 1.89. The van der Waals surface area contributed by atoms with Crippen molar-refractivity contribution >= 4 is 0 Å². The van der Waals surface area contributed by atoms with Gasteiger partial charge in [-0.3, -0.25) is 0 Å². The van der Waals surface area contributed by atoms with Gasteiger partial charge in [0.1, 0.15) is 5.75 Å². The molecule has 0 radical (unpaired) electrons. The van der Waals surface area contributed by atoms with Crippen molar-refractivity contribution in [3.05, 3.63) is 42.2 Å². The molecule has 0 aliphatic heterocycles. The molecular weight excluding hydrogens is 248 g/mol. The lowest BCUT2D eigenvalue weighted by Crippen LogP contribution is -2.02. The Kier molecular flexibility index (Phi) is 5.51. The van der Waals surface area contributed by atoms with Gasteiger partial charge < -0.3 is 9.47 Å². The van der Waals surface area contributed by atoms with E-state index in [1.165, 1.54) is 18.4 Å². The van der Waals surface area contributed by atoms with E-state index in [0.717, 1.165) is 36.9 Å². The van der Waals surface area contributed by atoms with Gasteiger partial charge in [-0.2, -0.15) is 0 Å². The van der Waals surface area contributed by atoms with E-state index in [9.17, 15) is 0 Å². The fraction of sp³-hybridized carbons (Fsp3) is 0.556. The molecule has 0 N–H and O–H groups in total. The van der Waals surface area contributed by atoms with Crippen LogP contribution >= 0.6 is 0 Å². The maximum Gasteiger partial charge on any atom is 0.119 e. The number of benzene rings is 1. The zero-order valence-electron chi connectivity index (χ0n) is 12.7. The van der Waals surface area contributed by atoms with Crippen LogP contribution in [0.4, 0.5) is 0 Å². The van der Waals surface area contributed by atoms with Crippen LogP contribution in [0.3, 0.4) is 0 Å². The summed E-state index contributed by atoms with van der Waals surface area (Å²) in [6.07, 6.45) is 4.64. The van der Waals surface area contributed by atoms with Crippen molar-refractivity contribution in [2.75, 3.05) is 13.2 Å². The zero-order chi connectivity index (χ0) is 14.4. The Hall–Kier alpha value is -1.44. The molecule has 0 heterocycles. The molecule has 1 aliphatic rings. The van der Waals surface area contributed by atoms with Gasteiger partial charge in [-0.05, 0) is 55.7 Å². The minimum Gasteiger partial charge on any atom is -0.499 e. The van der Waals surface area contributed by atoms with Crippen LogP contribution in [0.5, 0.6) is 5.75 Å². The number of ether oxygens (including phenoxy) is 2. The quantitative estimate of drug-likeness (QED) is 0.596. The molecule has 1 saturated carbocycles. The first kappa shape index (κ1) is 15.0. The Labute approximate surface area is 122 Å². The average Bonchev–Trinajstić information content (AvgIpc) is 3.28. The fourth-order valence-electron chi connectivity index (χ4n) is 2.37. The van der Waals surface area contributed by atoms with Crippen molar-refractivity contribution in [3.63, 3.8) is 0 Å². The SMILES string of the molecule is C=C(CC(CC)c1ccc(OCC2CC2)cc1)OCC. The summed E-state index contributed by atoms with van der Waals surface area (Å²) in [6.45, 7) is 9.76. The van der Waals surface area contributed by atoms with E-state index in [4.69, 9.17) is 9.47 Å². The standard InChI is InChI=1S/C18H26O2/c1-4-16(12-14(3)19-5-2)17-8-10-18(11-9-17)20-13-15-6-7-15/h8-11,15-16H,3-7,12-13H2,1-2H3. The Bertz CT molecular complexity index is 418. The van der Waals surface area contributed by atoms with Gasteiger partial charge in [-0.15, -0.1) is 0 Å². The monoisotopic (exact) mass is 274 g/mol. The van der Waals surface area contributed by atoms with Crippen LogP contribution in [0.1, 0.15) is 51.0 Å². The molecule has 0 spiro atoms. The summed E-state index contributed by atoms with van der Waals surface area (Å²) in [5.41, 5.74) is 1.34. The van der Waals surface area contributed by atoms with Crippen molar-refractivity contribution in [3.8, 4) is 5.75 Å². The number of hydrogen-bond acceptors (Lipinski definition) is 2. The molecule has 2 heteroatoms. The molecule has 0 saturated heterocycles. The lowest BCUT2D eigenvalue weighted by molar-refractivity contribution is 0.214. The van der Waals surface area contributed by atoms with Crippen LogP contribution < -0.4 is 4.74 Å². The molecule has 2 nitrogen and oxygen atoms in total. The first-order valence-corrected chi connectivity index (χ1v) is 7.76. The maximum absolute atomic E-state index is 5.78. The number of allylic oxidation sites excluding steroid dienone is 1. The summed E-state index contributed by atoms with van der Waals surface area (Å²) in [6, 6.07) is 8.53. The topological polar surface area (TPSA) is 18.5 Å². The minimum absolute atomic E-state index is 0.478. The second-order valence-corrected chi connectivity index (χ2v) is 5.60. The Morgan fingerprint density at radius 2 is 1.95 bits per heavy atom. The second-order valence-electron chi connectivity index (χ2n) is 5.60. The van der Waals surface area contributed by atoms with Crippen molar-refractivity contribution < 1.29 is 9.47 Å². The smallest absolute Gasteiger partial charge is 0.119 e. The highest BCUT2D eigenvalue weighted by atomic mass is 16.5. The second kappa shape index (κ2) is 7.37. The molecule has 1 aromatic rings. The normalized spacial score (nSPS) is 15.7. The van der Waals surface area contributed by atoms with Crippen LogP contribution in [-0.4, -0.2) is 13.2 Å².